The van der Waals surface area contributed by atoms with Gasteiger partial charge in [-0.15, -0.1) is 0 Å². The van der Waals surface area contributed by atoms with Crippen molar-refractivity contribution in [2.75, 3.05) is 0 Å². The van der Waals surface area contributed by atoms with Crippen LogP contribution >= 0.6 is 0 Å². The van der Waals surface area contributed by atoms with E-state index in [0.29, 0.717) is 12.8 Å². The van der Waals surface area contributed by atoms with Crippen molar-refractivity contribution in [1.29, 1.82) is 0 Å². The van der Waals surface area contributed by atoms with E-state index in [2.05, 4.69) is 17.2 Å². The molecule has 1 saturated carbocycles. The molecule has 5 nitrogen and oxygen atoms in total. The van der Waals surface area contributed by atoms with Gasteiger partial charge in [0.05, 0.1) is 0 Å². The molecule has 0 aromatic heterocycles. The number of hydrogen-bond donors (Lipinski definition) is 1. The highest BCUT2D eigenvalue weighted by molar-refractivity contribution is 5.88. The van der Waals surface area contributed by atoms with Gasteiger partial charge in [-0.2, -0.15) is 0 Å². The summed E-state index contributed by atoms with van der Waals surface area (Å²) >= 11 is 0. The zero-order chi connectivity index (χ0) is 11.7. The topological polar surface area (TPSA) is 64.6 Å². The lowest BCUT2D eigenvalue weighted by molar-refractivity contribution is -0.142. The molecule has 1 aliphatic rings. The van der Waals surface area contributed by atoms with Crippen molar-refractivity contribution < 1.29 is 19.1 Å². The van der Waals surface area contributed by atoms with Gasteiger partial charge < -0.3 is 14.8 Å². The summed E-state index contributed by atoms with van der Waals surface area (Å²) in [6.07, 6.45) is 0.534. The van der Waals surface area contributed by atoms with Crippen LogP contribution in [0.4, 0.5) is 4.79 Å². The molecule has 0 heterocycles. The van der Waals surface area contributed by atoms with Crippen molar-refractivity contribution >= 4 is 12.1 Å². The number of carbonyl (C=O) groups is 2. The third-order valence-corrected chi connectivity index (χ3v) is 2.01. The molecule has 0 bridgehead atoms. The standard InChI is InChI=1S/C10H16NO4/c1-9(2,3)15-8(13)11-10(5-6-10)7(12)14-4/h4-6H2,1-3H3,(H,11,13). The summed E-state index contributed by atoms with van der Waals surface area (Å²) in [6, 6.07) is 0. The molecule has 5 heteroatoms. The molecule has 0 aromatic rings. The van der Waals surface area contributed by atoms with Gasteiger partial charge in [-0.1, -0.05) is 0 Å². The lowest BCUT2D eigenvalue weighted by atomic mass is 10.2. The minimum atomic E-state index is -0.899. The average Bonchev–Trinajstić information content (AvgIpc) is 2.80. The second kappa shape index (κ2) is 3.72. The molecule has 1 radical (unpaired) electrons. The van der Waals surface area contributed by atoms with Crippen molar-refractivity contribution in [3.63, 3.8) is 0 Å². The van der Waals surface area contributed by atoms with Gasteiger partial charge >= 0.3 is 12.1 Å². The molecular weight excluding hydrogens is 198 g/mol. The summed E-state index contributed by atoms with van der Waals surface area (Å²) in [6.45, 7) is 5.27. The molecule has 1 rings (SSSR count). The van der Waals surface area contributed by atoms with Crippen LogP contribution in [0.2, 0.25) is 0 Å². The van der Waals surface area contributed by atoms with E-state index in [4.69, 9.17) is 4.74 Å². The highest BCUT2D eigenvalue weighted by atomic mass is 16.6. The van der Waals surface area contributed by atoms with Crippen molar-refractivity contribution in [1.82, 2.24) is 5.32 Å². The van der Waals surface area contributed by atoms with Crippen LogP contribution in [0.3, 0.4) is 0 Å². The van der Waals surface area contributed by atoms with Gasteiger partial charge in [-0.3, -0.25) is 0 Å². The molecule has 0 unspecified atom stereocenters. The number of rotatable bonds is 2. The summed E-state index contributed by atoms with van der Waals surface area (Å²) in [5.74, 6) is -0.520. The number of carbonyl (C=O) groups excluding carboxylic acids is 2. The Kier molecular flexibility index (Phi) is 2.93. The number of amides is 1. The van der Waals surface area contributed by atoms with E-state index in [1.54, 1.807) is 20.8 Å². The van der Waals surface area contributed by atoms with Crippen molar-refractivity contribution in [3.05, 3.63) is 7.11 Å². The lowest BCUT2D eigenvalue weighted by Crippen LogP contribution is -2.45. The van der Waals surface area contributed by atoms with Gasteiger partial charge in [0.1, 0.15) is 18.2 Å². The molecule has 15 heavy (non-hydrogen) atoms. The fourth-order valence-electron chi connectivity index (χ4n) is 1.14. The summed E-state index contributed by atoms with van der Waals surface area (Å²) in [4.78, 5) is 22.6. The Balaban J connectivity index is 2.49. The summed E-state index contributed by atoms with van der Waals surface area (Å²) in [7, 11) is 3.03. The van der Waals surface area contributed by atoms with Crippen LogP contribution in [0.5, 0.6) is 0 Å². The van der Waals surface area contributed by atoms with Crippen LogP contribution < -0.4 is 5.32 Å². The maximum absolute atomic E-state index is 11.4. The first-order valence-electron chi connectivity index (χ1n) is 4.77. The quantitative estimate of drug-likeness (QED) is 0.705. The van der Waals surface area contributed by atoms with Gasteiger partial charge in [0.2, 0.25) is 0 Å². The van der Waals surface area contributed by atoms with E-state index in [-0.39, 0.29) is 0 Å². The van der Waals surface area contributed by atoms with Gasteiger partial charge in [-0.25, -0.2) is 9.59 Å². The van der Waals surface area contributed by atoms with Crippen molar-refractivity contribution in [2.45, 2.75) is 44.8 Å². The average molecular weight is 214 g/mol. The SMILES string of the molecule is [CH2]OC(=O)C1(NC(=O)OC(C)(C)C)CC1. The molecule has 1 aliphatic carbocycles. The van der Waals surface area contributed by atoms with E-state index < -0.39 is 23.2 Å². The third-order valence-electron chi connectivity index (χ3n) is 2.01. The Morgan fingerprint density at radius 2 is 1.87 bits per heavy atom. The van der Waals surface area contributed by atoms with Gasteiger partial charge in [0, 0.05) is 0 Å². The number of ether oxygens (including phenoxy) is 2. The molecule has 0 aromatic carbocycles. The Hall–Kier alpha value is -1.26. The molecule has 1 fully saturated rings. The predicted octanol–water partition coefficient (Wildman–Crippen LogP) is 1.38. The molecule has 0 saturated heterocycles. The highest BCUT2D eigenvalue weighted by Gasteiger charge is 2.53. The maximum atomic E-state index is 11.4. The van der Waals surface area contributed by atoms with E-state index in [0.717, 1.165) is 0 Å². The fraction of sp³-hybridized carbons (Fsp3) is 0.700. The van der Waals surface area contributed by atoms with Gasteiger partial charge in [0.25, 0.3) is 0 Å². The second-order valence-electron chi connectivity index (χ2n) is 4.64. The molecule has 0 spiro atoms. The van der Waals surface area contributed by atoms with E-state index in [1.165, 1.54) is 0 Å². The molecule has 85 valence electrons. The van der Waals surface area contributed by atoms with Crippen molar-refractivity contribution in [3.8, 4) is 0 Å². The Labute approximate surface area is 89.1 Å². The van der Waals surface area contributed by atoms with Gasteiger partial charge in [-0.05, 0) is 33.6 Å². The first-order valence-corrected chi connectivity index (χ1v) is 4.77. The summed E-state index contributed by atoms with van der Waals surface area (Å²) < 4.78 is 9.38. The zero-order valence-corrected chi connectivity index (χ0v) is 9.25. The van der Waals surface area contributed by atoms with E-state index >= 15 is 0 Å². The monoisotopic (exact) mass is 214 g/mol. The van der Waals surface area contributed by atoms with Gasteiger partial charge in [0.15, 0.2) is 0 Å². The highest BCUT2D eigenvalue weighted by Crippen LogP contribution is 2.36. The molecular formula is C10H16NO4. The molecule has 1 amide bonds. The van der Waals surface area contributed by atoms with Crippen molar-refractivity contribution in [2.24, 2.45) is 0 Å². The molecule has 1 N–H and O–H groups in total. The molecule has 0 aliphatic heterocycles. The van der Waals surface area contributed by atoms with Crippen LogP contribution in [0.25, 0.3) is 0 Å². The summed E-state index contributed by atoms with van der Waals surface area (Å²) in [5.41, 5.74) is -1.47. The Morgan fingerprint density at radius 3 is 2.20 bits per heavy atom. The second-order valence-corrected chi connectivity index (χ2v) is 4.64. The molecule has 0 atom stereocenters. The van der Waals surface area contributed by atoms with Crippen LogP contribution in [0, 0.1) is 7.11 Å². The number of esters is 1. The maximum Gasteiger partial charge on any atom is 0.408 e. The minimum Gasteiger partial charge on any atom is -0.460 e. The van der Waals surface area contributed by atoms with Crippen LogP contribution in [0.15, 0.2) is 0 Å². The minimum absolute atomic E-state index is 0.520. The Morgan fingerprint density at radius 1 is 1.33 bits per heavy atom. The predicted molar refractivity (Wildman–Crippen MR) is 52.8 cm³/mol. The van der Waals surface area contributed by atoms with E-state index in [1.807, 2.05) is 0 Å². The zero-order valence-electron chi connectivity index (χ0n) is 9.25. The largest absolute Gasteiger partial charge is 0.460 e. The number of nitrogens with one attached hydrogen (secondary N) is 1. The summed E-state index contributed by atoms with van der Waals surface area (Å²) in [5, 5.41) is 2.50. The first-order chi connectivity index (χ1) is 6.79. The smallest absolute Gasteiger partial charge is 0.408 e. The number of hydrogen-bond acceptors (Lipinski definition) is 4. The van der Waals surface area contributed by atoms with E-state index in [9.17, 15) is 9.59 Å². The van der Waals surface area contributed by atoms with Crippen LogP contribution in [0.1, 0.15) is 33.6 Å². The normalized spacial score (nSPS) is 17.9. The third kappa shape index (κ3) is 3.11. The number of alkyl carbamates (subject to hydrolysis) is 1. The van der Waals surface area contributed by atoms with Crippen LogP contribution in [-0.4, -0.2) is 23.2 Å². The first kappa shape index (κ1) is 11.8. The lowest BCUT2D eigenvalue weighted by Gasteiger charge is -2.22. The fourth-order valence-corrected chi connectivity index (χ4v) is 1.14. The van der Waals surface area contributed by atoms with Crippen LogP contribution in [-0.2, 0) is 14.3 Å². The Bertz CT molecular complexity index is 276.